The highest BCUT2D eigenvalue weighted by Gasteiger charge is 2.60. The summed E-state index contributed by atoms with van der Waals surface area (Å²) in [5, 5.41) is 8.90. The molecular weight excluding hydrogens is 152 g/mol. The second-order valence-electron chi connectivity index (χ2n) is 4.45. The molecular formula is C10H18O2. The molecule has 1 aliphatic heterocycles. The summed E-state index contributed by atoms with van der Waals surface area (Å²) in [6.07, 6.45) is 2.16. The first-order valence-corrected chi connectivity index (χ1v) is 4.95. The molecule has 2 heteroatoms. The first kappa shape index (κ1) is 8.52. The minimum atomic E-state index is 0.183. The van der Waals surface area contributed by atoms with E-state index in [2.05, 4.69) is 13.8 Å². The number of hydrogen-bond acceptors (Lipinski definition) is 2. The van der Waals surface area contributed by atoms with Gasteiger partial charge >= 0.3 is 0 Å². The maximum absolute atomic E-state index is 8.90. The van der Waals surface area contributed by atoms with E-state index < -0.39 is 0 Å². The summed E-state index contributed by atoms with van der Waals surface area (Å²) in [6, 6.07) is 0. The number of aliphatic hydroxyl groups is 1. The predicted octanol–water partition coefficient (Wildman–Crippen LogP) is 1.43. The van der Waals surface area contributed by atoms with E-state index in [0.717, 1.165) is 18.9 Å². The largest absolute Gasteiger partial charge is 0.396 e. The molecule has 4 atom stereocenters. The molecule has 1 N–H and O–H groups in total. The Morgan fingerprint density at radius 1 is 1.50 bits per heavy atom. The summed E-state index contributed by atoms with van der Waals surface area (Å²) in [5.74, 6) is 2.07. The number of hydrogen-bond donors (Lipinski definition) is 1. The lowest BCUT2D eigenvalue weighted by Crippen LogP contribution is -2.25. The third kappa shape index (κ3) is 1.01. The van der Waals surface area contributed by atoms with Crippen LogP contribution in [-0.2, 0) is 4.74 Å². The van der Waals surface area contributed by atoms with E-state index in [1.807, 2.05) is 0 Å². The molecule has 2 nitrogen and oxygen atoms in total. The number of epoxide rings is 1. The van der Waals surface area contributed by atoms with Crippen LogP contribution in [0.1, 0.15) is 26.7 Å². The molecule has 1 aliphatic carbocycles. The third-order valence-corrected chi connectivity index (χ3v) is 3.93. The minimum Gasteiger partial charge on any atom is -0.396 e. The lowest BCUT2D eigenvalue weighted by atomic mass is 9.88. The quantitative estimate of drug-likeness (QED) is 0.636. The van der Waals surface area contributed by atoms with Crippen LogP contribution < -0.4 is 0 Å². The molecule has 0 bridgehead atoms. The molecule has 4 unspecified atom stereocenters. The molecule has 1 spiro atoms. The van der Waals surface area contributed by atoms with Crippen molar-refractivity contribution >= 4 is 0 Å². The SMILES string of the molecule is CC1CC(CCO)C2(CO2)C1C. The van der Waals surface area contributed by atoms with Crippen molar-refractivity contribution in [3.8, 4) is 0 Å². The number of rotatable bonds is 2. The van der Waals surface area contributed by atoms with Gasteiger partial charge in [0.25, 0.3) is 0 Å². The lowest BCUT2D eigenvalue weighted by Gasteiger charge is -2.17. The maximum atomic E-state index is 8.90. The first-order valence-electron chi connectivity index (χ1n) is 4.95. The fourth-order valence-corrected chi connectivity index (χ4v) is 2.81. The standard InChI is InChI=1S/C10H18O2/c1-7-5-9(3-4-11)10(6-12-10)8(7)2/h7-9,11H,3-6H2,1-2H3. The number of aliphatic hydroxyl groups excluding tert-OH is 1. The maximum Gasteiger partial charge on any atom is 0.0973 e. The Balaban J connectivity index is 2.07. The Labute approximate surface area is 73.9 Å². The van der Waals surface area contributed by atoms with Crippen molar-refractivity contribution in [2.24, 2.45) is 17.8 Å². The Kier molecular flexibility index (Phi) is 1.92. The van der Waals surface area contributed by atoms with Crippen molar-refractivity contribution in [3.05, 3.63) is 0 Å². The molecule has 0 amide bonds. The Bertz CT molecular complexity index is 175. The van der Waals surface area contributed by atoms with Gasteiger partial charge in [-0.25, -0.2) is 0 Å². The average Bonchev–Trinajstić information content (AvgIpc) is 2.78. The predicted molar refractivity (Wildman–Crippen MR) is 46.8 cm³/mol. The fourth-order valence-electron chi connectivity index (χ4n) is 2.81. The van der Waals surface area contributed by atoms with Gasteiger partial charge in [-0.15, -0.1) is 0 Å². The van der Waals surface area contributed by atoms with Gasteiger partial charge in [-0.3, -0.25) is 0 Å². The Morgan fingerprint density at radius 2 is 2.17 bits per heavy atom. The average molecular weight is 170 g/mol. The van der Waals surface area contributed by atoms with Crippen LogP contribution in [0.15, 0.2) is 0 Å². The molecule has 1 saturated heterocycles. The van der Waals surface area contributed by atoms with E-state index in [-0.39, 0.29) is 5.60 Å². The van der Waals surface area contributed by atoms with Crippen molar-refractivity contribution in [1.29, 1.82) is 0 Å². The Hall–Kier alpha value is -0.0800. The van der Waals surface area contributed by atoms with Crippen LogP contribution in [0, 0.1) is 17.8 Å². The smallest absolute Gasteiger partial charge is 0.0973 e. The van der Waals surface area contributed by atoms with Crippen LogP contribution in [0.5, 0.6) is 0 Å². The molecule has 0 aromatic rings. The van der Waals surface area contributed by atoms with Crippen LogP contribution in [0.3, 0.4) is 0 Å². The summed E-state index contributed by atoms with van der Waals surface area (Å²) in [6.45, 7) is 5.83. The molecule has 12 heavy (non-hydrogen) atoms. The zero-order chi connectivity index (χ0) is 8.77. The molecule has 70 valence electrons. The topological polar surface area (TPSA) is 32.8 Å². The normalized spacial score (nSPS) is 51.8. The van der Waals surface area contributed by atoms with Crippen molar-refractivity contribution in [2.75, 3.05) is 13.2 Å². The van der Waals surface area contributed by atoms with Crippen molar-refractivity contribution in [2.45, 2.75) is 32.3 Å². The van der Waals surface area contributed by atoms with E-state index in [1.165, 1.54) is 6.42 Å². The van der Waals surface area contributed by atoms with Gasteiger partial charge in [0.15, 0.2) is 0 Å². The van der Waals surface area contributed by atoms with E-state index >= 15 is 0 Å². The zero-order valence-electron chi connectivity index (χ0n) is 7.92. The summed E-state index contributed by atoms with van der Waals surface area (Å²) in [4.78, 5) is 0. The van der Waals surface area contributed by atoms with Gasteiger partial charge in [-0.2, -0.15) is 0 Å². The van der Waals surface area contributed by atoms with Gasteiger partial charge in [0, 0.05) is 6.61 Å². The summed E-state index contributed by atoms with van der Waals surface area (Å²) < 4.78 is 5.59. The highest BCUT2D eigenvalue weighted by Crippen LogP contribution is 2.55. The van der Waals surface area contributed by atoms with E-state index in [9.17, 15) is 0 Å². The Morgan fingerprint density at radius 3 is 2.67 bits per heavy atom. The minimum absolute atomic E-state index is 0.183. The molecule has 1 heterocycles. The molecule has 2 rings (SSSR count). The number of ether oxygens (including phenoxy) is 1. The molecule has 1 saturated carbocycles. The fraction of sp³-hybridized carbons (Fsp3) is 1.00. The van der Waals surface area contributed by atoms with Crippen molar-refractivity contribution < 1.29 is 9.84 Å². The monoisotopic (exact) mass is 170 g/mol. The van der Waals surface area contributed by atoms with E-state index in [4.69, 9.17) is 9.84 Å². The van der Waals surface area contributed by atoms with Gasteiger partial charge in [0.05, 0.1) is 12.2 Å². The molecule has 0 aromatic heterocycles. The molecule has 2 fully saturated rings. The summed E-state index contributed by atoms with van der Waals surface area (Å²) in [5.41, 5.74) is 0.183. The van der Waals surface area contributed by atoms with Crippen LogP contribution in [0.25, 0.3) is 0 Å². The van der Waals surface area contributed by atoms with Gasteiger partial charge < -0.3 is 9.84 Å². The second kappa shape index (κ2) is 2.71. The van der Waals surface area contributed by atoms with Crippen LogP contribution in [0.2, 0.25) is 0 Å². The van der Waals surface area contributed by atoms with Crippen molar-refractivity contribution in [3.63, 3.8) is 0 Å². The van der Waals surface area contributed by atoms with Crippen LogP contribution in [0.4, 0.5) is 0 Å². The van der Waals surface area contributed by atoms with Gasteiger partial charge in [-0.1, -0.05) is 13.8 Å². The van der Waals surface area contributed by atoms with Gasteiger partial charge in [0.1, 0.15) is 0 Å². The van der Waals surface area contributed by atoms with Crippen LogP contribution >= 0.6 is 0 Å². The first-order chi connectivity index (χ1) is 5.70. The zero-order valence-corrected chi connectivity index (χ0v) is 7.92. The van der Waals surface area contributed by atoms with E-state index in [0.29, 0.717) is 18.4 Å². The summed E-state index contributed by atoms with van der Waals surface area (Å²) in [7, 11) is 0. The third-order valence-electron chi connectivity index (χ3n) is 3.93. The van der Waals surface area contributed by atoms with E-state index in [1.54, 1.807) is 0 Å². The molecule has 0 aromatic carbocycles. The highest BCUT2D eigenvalue weighted by molar-refractivity contribution is 5.08. The molecule has 0 radical (unpaired) electrons. The highest BCUT2D eigenvalue weighted by atomic mass is 16.6. The van der Waals surface area contributed by atoms with Gasteiger partial charge in [-0.05, 0) is 30.6 Å². The van der Waals surface area contributed by atoms with Crippen LogP contribution in [-0.4, -0.2) is 23.9 Å². The second-order valence-corrected chi connectivity index (χ2v) is 4.45. The summed E-state index contributed by atoms with van der Waals surface area (Å²) >= 11 is 0. The lowest BCUT2D eigenvalue weighted by molar-refractivity contribution is 0.167. The van der Waals surface area contributed by atoms with Gasteiger partial charge in [0.2, 0.25) is 0 Å². The van der Waals surface area contributed by atoms with Crippen molar-refractivity contribution in [1.82, 2.24) is 0 Å². The molecule has 2 aliphatic rings.